The van der Waals surface area contributed by atoms with E-state index in [9.17, 15) is 14.9 Å². The van der Waals surface area contributed by atoms with Crippen LogP contribution in [0.2, 0.25) is 0 Å². The second-order valence-corrected chi connectivity index (χ2v) is 5.32. The fourth-order valence-corrected chi connectivity index (χ4v) is 2.18. The average Bonchev–Trinajstić information content (AvgIpc) is 2.48. The van der Waals surface area contributed by atoms with E-state index in [0.29, 0.717) is 12.5 Å². The van der Waals surface area contributed by atoms with Gasteiger partial charge < -0.3 is 5.32 Å². The largest absolute Gasteiger partial charge is 0.356 e. The Morgan fingerprint density at radius 3 is 2.48 bits per heavy atom. The second-order valence-electron chi connectivity index (χ2n) is 5.32. The Morgan fingerprint density at radius 1 is 1.29 bits per heavy atom. The quantitative estimate of drug-likeness (QED) is 0.559. The van der Waals surface area contributed by atoms with Gasteiger partial charge in [-0.05, 0) is 17.9 Å². The monoisotopic (exact) mass is 292 g/mol. The van der Waals surface area contributed by atoms with Crippen LogP contribution in [-0.4, -0.2) is 17.4 Å². The lowest BCUT2D eigenvalue weighted by Gasteiger charge is -2.15. The number of rotatable bonds is 9. The number of carbonyl (C=O) groups excluding carboxylic acids is 1. The second kappa shape index (κ2) is 9.10. The molecule has 0 spiro atoms. The highest BCUT2D eigenvalue weighted by Gasteiger charge is 2.10. The van der Waals surface area contributed by atoms with E-state index in [4.69, 9.17) is 0 Å². The number of unbranched alkanes of at least 4 members (excludes halogenated alkanes) is 1. The van der Waals surface area contributed by atoms with Crippen LogP contribution in [0.25, 0.3) is 0 Å². The maximum Gasteiger partial charge on any atom is 0.269 e. The first-order chi connectivity index (χ1) is 10.1. The number of nitrogens with zero attached hydrogens (tertiary/aromatic N) is 1. The summed E-state index contributed by atoms with van der Waals surface area (Å²) in [5.74, 6) is 0.504. The highest BCUT2D eigenvalue weighted by atomic mass is 16.6. The van der Waals surface area contributed by atoms with E-state index in [1.807, 2.05) is 0 Å². The van der Waals surface area contributed by atoms with E-state index >= 15 is 0 Å². The van der Waals surface area contributed by atoms with E-state index in [1.54, 1.807) is 12.1 Å². The summed E-state index contributed by atoms with van der Waals surface area (Å²) in [4.78, 5) is 22.0. The van der Waals surface area contributed by atoms with Crippen LogP contribution in [0.1, 0.15) is 45.1 Å². The van der Waals surface area contributed by atoms with Gasteiger partial charge in [0, 0.05) is 18.7 Å². The molecule has 1 aromatic carbocycles. The molecule has 1 atom stereocenters. The predicted molar refractivity (Wildman–Crippen MR) is 83.1 cm³/mol. The van der Waals surface area contributed by atoms with Crippen LogP contribution in [0.3, 0.4) is 0 Å². The number of amides is 1. The fourth-order valence-electron chi connectivity index (χ4n) is 2.18. The van der Waals surface area contributed by atoms with Gasteiger partial charge in [-0.25, -0.2) is 0 Å². The Bertz CT molecular complexity index is 457. The molecular weight excluding hydrogens is 268 g/mol. The molecule has 0 heterocycles. The van der Waals surface area contributed by atoms with Crippen molar-refractivity contribution in [2.45, 2.75) is 46.0 Å². The Hall–Kier alpha value is -1.91. The van der Waals surface area contributed by atoms with Gasteiger partial charge in [0.1, 0.15) is 0 Å². The van der Waals surface area contributed by atoms with Gasteiger partial charge in [0.05, 0.1) is 11.3 Å². The number of hydrogen-bond donors (Lipinski definition) is 1. The van der Waals surface area contributed by atoms with Crippen molar-refractivity contribution in [1.82, 2.24) is 5.32 Å². The van der Waals surface area contributed by atoms with Gasteiger partial charge in [0.15, 0.2) is 0 Å². The lowest BCUT2D eigenvalue weighted by Crippen LogP contribution is -2.30. The van der Waals surface area contributed by atoms with Crippen molar-refractivity contribution in [2.24, 2.45) is 5.92 Å². The van der Waals surface area contributed by atoms with Crippen LogP contribution in [-0.2, 0) is 11.2 Å². The summed E-state index contributed by atoms with van der Waals surface area (Å²) in [5.41, 5.74) is 0.837. The molecule has 0 aliphatic rings. The minimum absolute atomic E-state index is 0.0289. The van der Waals surface area contributed by atoms with Crippen molar-refractivity contribution in [1.29, 1.82) is 0 Å². The Balaban J connectivity index is 2.40. The van der Waals surface area contributed by atoms with Gasteiger partial charge in [-0.1, -0.05) is 45.2 Å². The van der Waals surface area contributed by atoms with Gasteiger partial charge in [0.2, 0.25) is 5.91 Å². The minimum atomic E-state index is -0.441. The molecular formula is C16H24N2O3. The standard InChI is InChI=1S/C16H24N2O3/c1-3-5-6-13(4-2)12-17-16(19)11-14-7-9-15(10-8-14)18(20)21/h7-10,13H,3-6,11-12H2,1-2H3,(H,17,19)/t13-/m0/s1. The van der Waals surface area contributed by atoms with E-state index < -0.39 is 4.92 Å². The molecule has 0 saturated carbocycles. The smallest absolute Gasteiger partial charge is 0.269 e. The van der Waals surface area contributed by atoms with Gasteiger partial charge in [-0.15, -0.1) is 0 Å². The van der Waals surface area contributed by atoms with Crippen molar-refractivity contribution in [3.63, 3.8) is 0 Å². The average molecular weight is 292 g/mol. The first kappa shape index (κ1) is 17.1. The van der Waals surface area contributed by atoms with Crippen LogP contribution in [0.5, 0.6) is 0 Å². The summed E-state index contributed by atoms with van der Waals surface area (Å²) >= 11 is 0. The topological polar surface area (TPSA) is 72.2 Å². The summed E-state index contributed by atoms with van der Waals surface area (Å²) in [7, 11) is 0. The lowest BCUT2D eigenvalue weighted by atomic mass is 9.99. The van der Waals surface area contributed by atoms with Crippen molar-refractivity contribution >= 4 is 11.6 Å². The first-order valence-electron chi connectivity index (χ1n) is 7.56. The predicted octanol–water partition coefficient (Wildman–Crippen LogP) is 3.47. The highest BCUT2D eigenvalue weighted by Crippen LogP contribution is 2.13. The molecule has 0 fully saturated rings. The number of nitrogens with one attached hydrogen (secondary N) is 1. The SMILES string of the molecule is CCCC[C@H](CC)CNC(=O)Cc1ccc([N+](=O)[O-])cc1. The number of benzene rings is 1. The Kier molecular flexibility index (Phi) is 7.43. The molecule has 1 amide bonds. The molecule has 5 nitrogen and oxygen atoms in total. The summed E-state index contributed by atoms with van der Waals surface area (Å²) in [6, 6.07) is 6.12. The van der Waals surface area contributed by atoms with Gasteiger partial charge >= 0.3 is 0 Å². The number of nitro benzene ring substituents is 1. The van der Waals surface area contributed by atoms with E-state index in [1.165, 1.54) is 25.0 Å². The van der Waals surface area contributed by atoms with Crippen LogP contribution in [0.15, 0.2) is 24.3 Å². The number of nitro groups is 1. The van der Waals surface area contributed by atoms with Crippen LogP contribution in [0, 0.1) is 16.0 Å². The van der Waals surface area contributed by atoms with Gasteiger partial charge in [-0.3, -0.25) is 14.9 Å². The zero-order chi connectivity index (χ0) is 15.7. The molecule has 1 N–H and O–H groups in total. The molecule has 0 aliphatic heterocycles. The molecule has 0 radical (unpaired) electrons. The molecule has 0 saturated heterocycles. The number of non-ortho nitro benzene ring substituents is 1. The van der Waals surface area contributed by atoms with E-state index in [2.05, 4.69) is 19.2 Å². The van der Waals surface area contributed by atoms with Gasteiger partial charge in [0.25, 0.3) is 5.69 Å². The summed E-state index contributed by atoms with van der Waals surface area (Å²) in [5, 5.41) is 13.5. The fraction of sp³-hybridized carbons (Fsp3) is 0.562. The Morgan fingerprint density at radius 2 is 1.95 bits per heavy atom. The molecule has 0 aliphatic carbocycles. The third-order valence-corrected chi connectivity index (χ3v) is 3.64. The van der Waals surface area contributed by atoms with Crippen LogP contribution < -0.4 is 5.32 Å². The molecule has 1 rings (SSSR count). The Labute approximate surface area is 125 Å². The third-order valence-electron chi connectivity index (χ3n) is 3.64. The van der Waals surface area contributed by atoms with Crippen LogP contribution >= 0.6 is 0 Å². The van der Waals surface area contributed by atoms with Gasteiger partial charge in [-0.2, -0.15) is 0 Å². The summed E-state index contributed by atoms with van der Waals surface area (Å²) in [6.07, 6.45) is 4.84. The van der Waals surface area contributed by atoms with Crippen molar-refractivity contribution < 1.29 is 9.72 Å². The lowest BCUT2D eigenvalue weighted by molar-refractivity contribution is -0.384. The molecule has 116 valence electrons. The van der Waals surface area contributed by atoms with Crippen molar-refractivity contribution in [2.75, 3.05) is 6.54 Å². The minimum Gasteiger partial charge on any atom is -0.356 e. The molecule has 0 bridgehead atoms. The van der Waals surface area contributed by atoms with E-state index in [0.717, 1.165) is 18.4 Å². The molecule has 21 heavy (non-hydrogen) atoms. The summed E-state index contributed by atoms with van der Waals surface area (Å²) < 4.78 is 0. The number of hydrogen-bond acceptors (Lipinski definition) is 3. The zero-order valence-corrected chi connectivity index (χ0v) is 12.8. The molecule has 0 unspecified atom stereocenters. The summed E-state index contributed by atoms with van der Waals surface area (Å²) in [6.45, 7) is 5.02. The molecule has 0 aromatic heterocycles. The van der Waals surface area contributed by atoms with E-state index in [-0.39, 0.29) is 18.0 Å². The zero-order valence-electron chi connectivity index (χ0n) is 12.8. The van der Waals surface area contributed by atoms with Crippen molar-refractivity contribution in [3.8, 4) is 0 Å². The molecule has 5 heteroatoms. The van der Waals surface area contributed by atoms with Crippen LogP contribution in [0.4, 0.5) is 5.69 Å². The molecule has 1 aromatic rings. The number of carbonyl (C=O) groups is 1. The highest BCUT2D eigenvalue weighted by molar-refractivity contribution is 5.78. The van der Waals surface area contributed by atoms with Crippen molar-refractivity contribution in [3.05, 3.63) is 39.9 Å². The third kappa shape index (κ3) is 6.38. The first-order valence-corrected chi connectivity index (χ1v) is 7.56. The normalized spacial score (nSPS) is 11.9. The maximum atomic E-state index is 11.9. The maximum absolute atomic E-state index is 11.9.